The van der Waals surface area contributed by atoms with Gasteiger partial charge in [-0.2, -0.15) is 0 Å². The Morgan fingerprint density at radius 2 is 2.22 bits per heavy atom. The Bertz CT molecular complexity index is 429. The van der Waals surface area contributed by atoms with Crippen LogP contribution in [0.2, 0.25) is 0 Å². The molecule has 1 aliphatic heterocycles. The number of nitrogens with one attached hydrogen (secondary N) is 1. The molecule has 1 aliphatic rings. The lowest BCUT2D eigenvalue weighted by atomic mass is 10.1. The van der Waals surface area contributed by atoms with Crippen molar-refractivity contribution in [2.45, 2.75) is 25.5 Å². The summed E-state index contributed by atoms with van der Waals surface area (Å²) in [5.74, 6) is 0.831. The van der Waals surface area contributed by atoms with Crippen molar-refractivity contribution < 1.29 is 18.6 Å². The van der Waals surface area contributed by atoms with E-state index in [1.54, 1.807) is 0 Å². The van der Waals surface area contributed by atoms with Crippen LogP contribution in [0.5, 0.6) is 5.75 Å². The Labute approximate surface area is 112 Å². The van der Waals surface area contributed by atoms with Crippen molar-refractivity contribution in [3.8, 4) is 5.75 Å². The maximum absolute atomic E-state index is 12.1. The molecule has 1 aromatic rings. The quantitative estimate of drug-likeness (QED) is 0.872. The summed E-state index contributed by atoms with van der Waals surface area (Å²) in [6.07, 6.45) is -3.49. The summed E-state index contributed by atoms with van der Waals surface area (Å²) in [5.41, 5.74) is 2.04. The third-order valence-electron chi connectivity index (χ3n) is 2.79. The third kappa shape index (κ3) is 3.18. The van der Waals surface area contributed by atoms with E-state index in [9.17, 15) is 8.78 Å². The molecule has 100 valence electrons. The highest BCUT2D eigenvalue weighted by Crippen LogP contribution is 2.32. The molecule has 2 N–H and O–H groups in total. The minimum absolute atomic E-state index is 0.140. The van der Waals surface area contributed by atoms with E-state index in [-0.39, 0.29) is 6.54 Å². The zero-order valence-corrected chi connectivity index (χ0v) is 11.2. The second-order valence-corrected chi connectivity index (χ2v) is 5.10. The highest BCUT2D eigenvalue weighted by Gasteiger charge is 2.19. The van der Waals surface area contributed by atoms with Gasteiger partial charge in [-0.05, 0) is 17.7 Å². The maximum Gasteiger partial charge on any atom is 0.265 e. The molecule has 2 rings (SSSR count). The van der Waals surface area contributed by atoms with Crippen LogP contribution in [0.4, 0.5) is 8.78 Å². The molecule has 0 fully saturated rings. The normalized spacial score (nSPS) is 15.6. The summed E-state index contributed by atoms with van der Waals surface area (Å²) in [6, 6.07) is 3.89. The molecular weight excluding hydrogens is 308 g/mol. The van der Waals surface area contributed by atoms with Crippen LogP contribution in [0.3, 0.4) is 0 Å². The van der Waals surface area contributed by atoms with Crippen LogP contribution in [0.15, 0.2) is 16.6 Å². The lowest BCUT2D eigenvalue weighted by Crippen LogP contribution is -2.31. The van der Waals surface area contributed by atoms with E-state index in [4.69, 9.17) is 9.84 Å². The predicted molar refractivity (Wildman–Crippen MR) is 67.1 cm³/mol. The number of rotatable bonds is 5. The van der Waals surface area contributed by atoms with Gasteiger partial charge >= 0.3 is 0 Å². The van der Waals surface area contributed by atoms with Gasteiger partial charge in [0, 0.05) is 29.5 Å². The molecule has 6 heteroatoms. The van der Waals surface area contributed by atoms with E-state index < -0.39 is 12.5 Å². The first-order valence-electron chi connectivity index (χ1n) is 5.69. The second kappa shape index (κ2) is 5.95. The molecule has 0 bridgehead atoms. The Hall–Kier alpha value is -0.720. The highest BCUT2D eigenvalue weighted by molar-refractivity contribution is 9.10. The van der Waals surface area contributed by atoms with Crippen molar-refractivity contribution >= 4 is 15.9 Å². The topological polar surface area (TPSA) is 41.5 Å². The van der Waals surface area contributed by atoms with Crippen molar-refractivity contribution in [3.05, 3.63) is 27.7 Å². The molecule has 1 atom stereocenters. The number of fused-ring (bicyclic) bond motifs is 1. The smallest absolute Gasteiger partial charge is 0.265 e. The molecule has 0 amide bonds. The number of ether oxygens (including phenoxy) is 1. The van der Waals surface area contributed by atoms with E-state index in [1.165, 1.54) is 0 Å². The Morgan fingerprint density at radius 3 is 2.94 bits per heavy atom. The van der Waals surface area contributed by atoms with Gasteiger partial charge in [0.15, 0.2) is 0 Å². The zero-order valence-electron chi connectivity index (χ0n) is 9.63. The van der Waals surface area contributed by atoms with Crippen LogP contribution in [0, 0.1) is 0 Å². The summed E-state index contributed by atoms with van der Waals surface area (Å²) >= 11 is 3.41. The molecule has 0 radical (unpaired) electrons. The Balaban J connectivity index is 1.98. The van der Waals surface area contributed by atoms with E-state index in [0.717, 1.165) is 27.8 Å². The average Bonchev–Trinajstić information content (AvgIpc) is 2.76. The van der Waals surface area contributed by atoms with Crippen LogP contribution < -0.4 is 10.1 Å². The highest BCUT2D eigenvalue weighted by atomic mass is 79.9. The van der Waals surface area contributed by atoms with Crippen LogP contribution in [0.1, 0.15) is 11.1 Å². The minimum Gasteiger partial charge on any atom is -0.493 e. The molecule has 0 saturated carbocycles. The molecule has 1 unspecified atom stereocenters. The first-order valence-corrected chi connectivity index (χ1v) is 6.48. The fraction of sp³-hybridized carbons (Fsp3) is 0.500. The summed E-state index contributed by atoms with van der Waals surface area (Å²) in [5, 5.41) is 11.8. The molecule has 0 aromatic heterocycles. The molecule has 18 heavy (non-hydrogen) atoms. The second-order valence-electron chi connectivity index (χ2n) is 4.18. The van der Waals surface area contributed by atoms with E-state index in [1.807, 2.05) is 12.1 Å². The SMILES string of the molecule is OC(CNCc1cc(Br)cc2c1OCC2)C(F)F. The summed E-state index contributed by atoms with van der Waals surface area (Å²) in [7, 11) is 0. The summed E-state index contributed by atoms with van der Waals surface area (Å²) in [6.45, 7) is 0.906. The standard InChI is InChI=1S/C12H14BrF2NO2/c13-9-3-7-1-2-18-11(7)8(4-9)5-16-6-10(17)12(14)15/h3-4,10,12,16-17H,1-2,5-6H2. The molecule has 1 heterocycles. The Morgan fingerprint density at radius 1 is 1.44 bits per heavy atom. The molecule has 0 spiro atoms. The summed E-state index contributed by atoms with van der Waals surface area (Å²) < 4.78 is 30.7. The minimum atomic E-state index is -2.72. The van der Waals surface area contributed by atoms with Gasteiger partial charge in [-0.15, -0.1) is 0 Å². The Kier molecular flexibility index (Phi) is 4.53. The van der Waals surface area contributed by atoms with Gasteiger partial charge in [-0.25, -0.2) is 8.78 Å². The molecule has 0 saturated heterocycles. The van der Waals surface area contributed by atoms with Crippen molar-refractivity contribution in [2.75, 3.05) is 13.2 Å². The van der Waals surface area contributed by atoms with Crippen molar-refractivity contribution in [1.29, 1.82) is 0 Å². The number of aliphatic hydroxyl groups excluding tert-OH is 1. The summed E-state index contributed by atoms with van der Waals surface area (Å²) in [4.78, 5) is 0. The van der Waals surface area contributed by atoms with Crippen molar-refractivity contribution in [2.24, 2.45) is 0 Å². The van der Waals surface area contributed by atoms with E-state index in [0.29, 0.717) is 13.2 Å². The zero-order chi connectivity index (χ0) is 13.1. The van der Waals surface area contributed by atoms with Crippen LogP contribution in [-0.2, 0) is 13.0 Å². The molecule has 1 aromatic carbocycles. The van der Waals surface area contributed by atoms with Gasteiger partial charge in [-0.1, -0.05) is 15.9 Å². The molecular formula is C12H14BrF2NO2. The largest absolute Gasteiger partial charge is 0.493 e. The van der Waals surface area contributed by atoms with Crippen LogP contribution in [0.25, 0.3) is 0 Å². The molecule has 3 nitrogen and oxygen atoms in total. The van der Waals surface area contributed by atoms with E-state index >= 15 is 0 Å². The van der Waals surface area contributed by atoms with Gasteiger partial charge in [0.2, 0.25) is 0 Å². The number of halogens is 3. The number of hydrogen-bond donors (Lipinski definition) is 2. The number of benzene rings is 1. The fourth-order valence-corrected chi connectivity index (χ4v) is 2.47. The number of aliphatic hydroxyl groups is 1. The first-order chi connectivity index (χ1) is 8.58. The number of alkyl halides is 2. The van der Waals surface area contributed by atoms with Gasteiger partial charge in [0.25, 0.3) is 6.43 Å². The van der Waals surface area contributed by atoms with Gasteiger partial charge in [0.05, 0.1) is 6.61 Å². The van der Waals surface area contributed by atoms with Crippen molar-refractivity contribution in [3.63, 3.8) is 0 Å². The number of hydrogen-bond acceptors (Lipinski definition) is 3. The van der Waals surface area contributed by atoms with Gasteiger partial charge < -0.3 is 15.2 Å². The van der Waals surface area contributed by atoms with Gasteiger partial charge in [0.1, 0.15) is 11.9 Å². The van der Waals surface area contributed by atoms with Crippen LogP contribution >= 0.6 is 15.9 Å². The fourth-order valence-electron chi connectivity index (χ4n) is 1.92. The van der Waals surface area contributed by atoms with Gasteiger partial charge in [-0.3, -0.25) is 0 Å². The van der Waals surface area contributed by atoms with Crippen molar-refractivity contribution in [1.82, 2.24) is 5.32 Å². The first kappa shape index (κ1) is 13.7. The molecule has 0 aliphatic carbocycles. The lowest BCUT2D eigenvalue weighted by Gasteiger charge is -2.13. The van der Waals surface area contributed by atoms with E-state index in [2.05, 4.69) is 21.2 Å². The monoisotopic (exact) mass is 321 g/mol. The third-order valence-corrected chi connectivity index (χ3v) is 3.24. The maximum atomic E-state index is 12.1. The van der Waals surface area contributed by atoms with Crippen LogP contribution in [-0.4, -0.2) is 30.8 Å². The average molecular weight is 322 g/mol. The lowest BCUT2D eigenvalue weighted by molar-refractivity contribution is -0.00342. The predicted octanol–water partition coefficient (Wildman–Crippen LogP) is 2.10.